The summed E-state index contributed by atoms with van der Waals surface area (Å²) in [5.74, 6) is 0.0498. The normalized spacial score (nSPS) is 10.3. The number of nitrogens with zero attached hydrogens (tertiary/aromatic N) is 2. The van der Waals surface area contributed by atoms with Gasteiger partial charge in [0.1, 0.15) is 0 Å². The molecule has 1 aromatic carbocycles. The van der Waals surface area contributed by atoms with E-state index in [1.807, 2.05) is 43.5 Å². The van der Waals surface area contributed by atoms with Crippen molar-refractivity contribution in [1.82, 2.24) is 15.1 Å². The summed E-state index contributed by atoms with van der Waals surface area (Å²) in [4.78, 5) is 11.7. The third-order valence-corrected chi connectivity index (χ3v) is 2.86. The average molecular weight is 243 g/mol. The number of aromatic nitrogens is 2. The minimum Gasteiger partial charge on any atom is -0.352 e. The lowest BCUT2D eigenvalue weighted by molar-refractivity contribution is -0.121. The van der Waals surface area contributed by atoms with Crippen LogP contribution >= 0.6 is 0 Å². The Morgan fingerprint density at radius 1 is 1.33 bits per heavy atom. The third kappa shape index (κ3) is 3.45. The monoisotopic (exact) mass is 243 g/mol. The largest absolute Gasteiger partial charge is 0.352 e. The van der Waals surface area contributed by atoms with Crippen LogP contribution in [0.5, 0.6) is 0 Å². The quantitative estimate of drug-likeness (QED) is 0.871. The molecule has 4 nitrogen and oxygen atoms in total. The van der Waals surface area contributed by atoms with E-state index >= 15 is 0 Å². The molecule has 0 saturated carbocycles. The van der Waals surface area contributed by atoms with Gasteiger partial charge in [0.2, 0.25) is 5.91 Å². The molecule has 0 bridgehead atoms. The molecule has 94 valence electrons. The molecule has 2 rings (SSSR count). The minimum absolute atomic E-state index is 0.0498. The predicted molar refractivity (Wildman–Crippen MR) is 69.9 cm³/mol. The summed E-state index contributed by atoms with van der Waals surface area (Å²) in [5, 5.41) is 6.98. The van der Waals surface area contributed by atoms with Crippen LogP contribution < -0.4 is 5.32 Å². The van der Waals surface area contributed by atoms with Gasteiger partial charge in [-0.15, -0.1) is 0 Å². The summed E-state index contributed by atoms with van der Waals surface area (Å²) in [5.41, 5.74) is 2.36. The first-order chi connectivity index (χ1) is 8.75. The van der Waals surface area contributed by atoms with Gasteiger partial charge in [-0.2, -0.15) is 5.10 Å². The summed E-state index contributed by atoms with van der Waals surface area (Å²) >= 11 is 0. The lowest BCUT2D eigenvalue weighted by atomic mass is 10.1. The lowest BCUT2D eigenvalue weighted by Gasteiger charge is -2.07. The van der Waals surface area contributed by atoms with Crippen molar-refractivity contribution in [1.29, 1.82) is 0 Å². The Hall–Kier alpha value is -2.10. The highest BCUT2D eigenvalue weighted by molar-refractivity contribution is 5.75. The Morgan fingerprint density at radius 2 is 2.17 bits per heavy atom. The van der Waals surface area contributed by atoms with E-state index in [1.54, 1.807) is 10.9 Å². The van der Waals surface area contributed by atoms with E-state index in [9.17, 15) is 4.79 Å². The second-order valence-electron chi connectivity index (χ2n) is 4.22. The maximum Gasteiger partial charge on any atom is 0.222 e. The van der Waals surface area contributed by atoms with Crippen molar-refractivity contribution < 1.29 is 4.79 Å². The Balaban J connectivity index is 1.77. The summed E-state index contributed by atoms with van der Waals surface area (Å²) in [6.07, 6.45) is 4.02. The summed E-state index contributed by atoms with van der Waals surface area (Å²) in [6.45, 7) is 3.25. The molecule has 1 N–H and O–H groups in total. The molecule has 0 radical (unpaired) electrons. The minimum atomic E-state index is 0.0498. The van der Waals surface area contributed by atoms with Crippen LogP contribution in [-0.2, 0) is 17.9 Å². The molecule has 1 amide bonds. The Morgan fingerprint density at radius 3 is 2.89 bits per heavy atom. The average Bonchev–Trinajstić information content (AvgIpc) is 2.88. The molecule has 0 unspecified atom stereocenters. The van der Waals surface area contributed by atoms with Crippen molar-refractivity contribution in [3.05, 3.63) is 53.9 Å². The van der Waals surface area contributed by atoms with Gasteiger partial charge in [0.15, 0.2) is 0 Å². The maximum atomic E-state index is 11.7. The number of hydrogen-bond acceptors (Lipinski definition) is 2. The molecular formula is C14H17N3O. The number of rotatable bonds is 5. The SMILES string of the molecule is Cc1ccccc1CNC(=O)CCn1cccn1. The van der Waals surface area contributed by atoms with Crippen LogP contribution in [0.3, 0.4) is 0 Å². The Bertz CT molecular complexity index is 506. The van der Waals surface area contributed by atoms with Crippen LogP contribution in [0.2, 0.25) is 0 Å². The topological polar surface area (TPSA) is 46.9 Å². The fourth-order valence-electron chi connectivity index (χ4n) is 1.74. The Kier molecular flexibility index (Phi) is 4.12. The molecule has 0 aliphatic heterocycles. The van der Waals surface area contributed by atoms with Gasteiger partial charge >= 0.3 is 0 Å². The van der Waals surface area contributed by atoms with Crippen molar-refractivity contribution in [3.8, 4) is 0 Å². The van der Waals surface area contributed by atoms with E-state index in [-0.39, 0.29) is 5.91 Å². The van der Waals surface area contributed by atoms with Gasteiger partial charge in [-0.3, -0.25) is 9.48 Å². The summed E-state index contributed by atoms with van der Waals surface area (Å²) < 4.78 is 1.76. The molecule has 1 heterocycles. The molecular weight excluding hydrogens is 226 g/mol. The summed E-state index contributed by atoms with van der Waals surface area (Å²) in [6, 6.07) is 9.91. The number of benzene rings is 1. The number of carbonyl (C=O) groups is 1. The van der Waals surface area contributed by atoms with Crippen LogP contribution in [0, 0.1) is 6.92 Å². The smallest absolute Gasteiger partial charge is 0.222 e. The second kappa shape index (κ2) is 6.00. The number of amides is 1. The highest BCUT2D eigenvalue weighted by Gasteiger charge is 2.03. The van der Waals surface area contributed by atoms with E-state index in [4.69, 9.17) is 0 Å². The zero-order valence-electron chi connectivity index (χ0n) is 10.5. The first-order valence-electron chi connectivity index (χ1n) is 6.04. The maximum absolute atomic E-state index is 11.7. The first kappa shape index (κ1) is 12.4. The highest BCUT2D eigenvalue weighted by atomic mass is 16.1. The zero-order chi connectivity index (χ0) is 12.8. The number of carbonyl (C=O) groups excluding carboxylic acids is 1. The van der Waals surface area contributed by atoms with Crippen molar-refractivity contribution in [3.63, 3.8) is 0 Å². The molecule has 0 aliphatic rings. The molecule has 0 fully saturated rings. The second-order valence-corrected chi connectivity index (χ2v) is 4.22. The molecule has 0 spiro atoms. The van der Waals surface area contributed by atoms with Gasteiger partial charge in [0.05, 0.1) is 0 Å². The molecule has 4 heteroatoms. The van der Waals surface area contributed by atoms with Crippen LogP contribution in [0.25, 0.3) is 0 Å². The molecule has 1 aromatic heterocycles. The van der Waals surface area contributed by atoms with Crippen LogP contribution in [0.4, 0.5) is 0 Å². The number of aryl methyl sites for hydroxylation is 2. The van der Waals surface area contributed by atoms with E-state index in [2.05, 4.69) is 10.4 Å². The van der Waals surface area contributed by atoms with Crippen molar-refractivity contribution >= 4 is 5.91 Å². The van der Waals surface area contributed by atoms with E-state index in [0.29, 0.717) is 19.5 Å². The van der Waals surface area contributed by atoms with E-state index < -0.39 is 0 Å². The van der Waals surface area contributed by atoms with Crippen LogP contribution in [0.15, 0.2) is 42.7 Å². The molecule has 0 atom stereocenters. The van der Waals surface area contributed by atoms with Gasteiger partial charge in [0.25, 0.3) is 0 Å². The van der Waals surface area contributed by atoms with Gasteiger partial charge in [-0.05, 0) is 24.1 Å². The van der Waals surface area contributed by atoms with Gasteiger partial charge in [-0.1, -0.05) is 24.3 Å². The molecule has 0 aliphatic carbocycles. The molecule has 2 aromatic rings. The number of nitrogens with one attached hydrogen (secondary N) is 1. The summed E-state index contributed by atoms with van der Waals surface area (Å²) in [7, 11) is 0. The molecule has 18 heavy (non-hydrogen) atoms. The van der Waals surface area contributed by atoms with E-state index in [0.717, 1.165) is 5.56 Å². The van der Waals surface area contributed by atoms with Crippen LogP contribution in [0.1, 0.15) is 17.5 Å². The van der Waals surface area contributed by atoms with E-state index in [1.165, 1.54) is 5.56 Å². The van der Waals surface area contributed by atoms with Crippen molar-refractivity contribution in [2.45, 2.75) is 26.4 Å². The fourth-order valence-corrected chi connectivity index (χ4v) is 1.74. The highest BCUT2D eigenvalue weighted by Crippen LogP contribution is 2.06. The van der Waals surface area contributed by atoms with Gasteiger partial charge in [-0.25, -0.2) is 0 Å². The fraction of sp³-hybridized carbons (Fsp3) is 0.286. The first-order valence-corrected chi connectivity index (χ1v) is 6.04. The standard InChI is InChI=1S/C14H17N3O/c1-12-5-2-3-6-13(12)11-15-14(18)7-10-17-9-4-8-16-17/h2-6,8-9H,7,10-11H2,1H3,(H,15,18). The Labute approximate surface area is 107 Å². The van der Waals surface area contributed by atoms with Gasteiger partial charge < -0.3 is 5.32 Å². The lowest BCUT2D eigenvalue weighted by Crippen LogP contribution is -2.24. The molecule has 0 saturated heterocycles. The van der Waals surface area contributed by atoms with Gasteiger partial charge in [0, 0.05) is 31.9 Å². The third-order valence-electron chi connectivity index (χ3n) is 2.86. The number of hydrogen-bond donors (Lipinski definition) is 1. The van der Waals surface area contributed by atoms with Crippen molar-refractivity contribution in [2.75, 3.05) is 0 Å². The van der Waals surface area contributed by atoms with Crippen molar-refractivity contribution in [2.24, 2.45) is 0 Å². The predicted octanol–water partition coefficient (Wildman–Crippen LogP) is 1.90. The van der Waals surface area contributed by atoms with Crippen LogP contribution in [-0.4, -0.2) is 15.7 Å². The zero-order valence-corrected chi connectivity index (χ0v) is 10.5.